The fraction of sp³-hybridized carbons (Fsp3) is 0. The topological polar surface area (TPSA) is 13.1 Å². The number of benzene rings is 10. The molecular weight excluding hydrogens is 641 g/mol. The van der Waals surface area contributed by atoms with Crippen LogP contribution in [0.4, 0.5) is 0 Å². The number of rotatable bonds is 4. The monoisotopic (exact) mass is 691 g/mol. The second kappa shape index (κ2) is 11.8. The van der Waals surface area contributed by atoms with Crippen LogP contribution in [-0.4, -0.2) is 0 Å². The van der Waals surface area contributed by atoms with Gasteiger partial charge < -0.3 is 4.42 Å². The Morgan fingerprint density at radius 3 is 1.72 bits per heavy atom. The van der Waals surface area contributed by atoms with Gasteiger partial charge in [-0.25, -0.2) is 0 Å². The molecule has 10 aromatic carbocycles. The van der Waals surface area contributed by atoms with Gasteiger partial charge in [0.2, 0.25) is 0 Å². The summed E-state index contributed by atoms with van der Waals surface area (Å²) in [6, 6.07) is 9.48. The van der Waals surface area contributed by atoms with Crippen molar-refractivity contribution in [3.05, 3.63) is 194 Å². The zero-order chi connectivity index (χ0) is 51.4. The molecular formula is C52H32O. The number of fused-ring (bicyclic) bond motifs is 7. The van der Waals surface area contributed by atoms with Gasteiger partial charge in [-0.1, -0.05) is 163 Å². The van der Waals surface area contributed by atoms with Crippen molar-refractivity contribution in [3.63, 3.8) is 0 Å². The molecule has 0 spiro atoms. The van der Waals surface area contributed by atoms with Crippen LogP contribution in [0.15, 0.2) is 198 Å². The smallest absolute Gasteiger partial charge is 0.136 e. The van der Waals surface area contributed by atoms with Crippen molar-refractivity contribution in [1.82, 2.24) is 0 Å². The highest BCUT2D eigenvalue weighted by atomic mass is 16.3. The molecule has 1 heteroatoms. The second-order valence-electron chi connectivity index (χ2n) is 12.5. The van der Waals surface area contributed by atoms with Crippen molar-refractivity contribution < 1.29 is 30.5 Å². The first-order chi connectivity index (χ1) is 34.2. The highest BCUT2D eigenvalue weighted by Gasteiger charge is 2.18. The summed E-state index contributed by atoms with van der Waals surface area (Å²) < 4.78 is 180. The molecule has 0 aliphatic heterocycles. The maximum Gasteiger partial charge on any atom is 0.136 e. The molecule has 1 aromatic heterocycles. The minimum atomic E-state index is -0.871. The zero-order valence-electron chi connectivity index (χ0n) is 46.4. The molecule has 0 radical (unpaired) electrons. The van der Waals surface area contributed by atoms with E-state index in [9.17, 15) is 13.7 Å². The third-order valence-corrected chi connectivity index (χ3v) is 9.62. The minimum absolute atomic E-state index is 0.110. The molecule has 0 N–H and O–H groups in total. The van der Waals surface area contributed by atoms with Crippen LogP contribution in [0.25, 0.3) is 110 Å². The van der Waals surface area contributed by atoms with Gasteiger partial charge in [-0.05, 0) is 118 Å². The number of hydrogen-bond acceptors (Lipinski definition) is 1. The third-order valence-electron chi connectivity index (χ3n) is 9.62. The Kier molecular flexibility index (Phi) is 3.69. The Balaban J connectivity index is 1.25. The summed E-state index contributed by atoms with van der Waals surface area (Å²) in [4.78, 5) is 0. The largest absolute Gasteiger partial charge is 0.456 e. The average molecular weight is 692 g/mol. The summed E-state index contributed by atoms with van der Waals surface area (Å²) >= 11 is 0. The minimum Gasteiger partial charge on any atom is -0.456 e. The lowest BCUT2D eigenvalue weighted by Crippen LogP contribution is -1.90. The Bertz CT molecular complexity index is 4220. The van der Waals surface area contributed by atoms with Crippen LogP contribution in [0.1, 0.15) is 26.0 Å². The Labute approximate surface area is 333 Å². The fourth-order valence-electron chi connectivity index (χ4n) is 7.31. The molecule has 0 fully saturated rings. The molecule has 0 amide bonds. The quantitative estimate of drug-likeness (QED) is 0.167. The van der Waals surface area contributed by atoms with Gasteiger partial charge in [0, 0.05) is 10.8 Å². The lowest BCUT2D eigenvalue weighted by Gasteiger charge is -2.18. The first kappa shape index (κ1) is 16.6. The molecule has 0 aliphatic rings. The fourth-order valence-corrected chi connectivity index (χ4v) is 7.31. The van der Waals surface area contributed by atoms with Gasteiger partial charge in [0.15, 0.2) is 0 Å². The summed E-state index contributed by atoms with van der Waals surface area (Å²) in [5, 5.41) is 0.0227. The van der Waals surface area contributed by atoms with E-state index in [1.807, 2.05) is 60.7 Å². The van der Waals surface area contributed by atoms with Crippen LogP contribution < -0.4 is 0 Å². The van der Waals surface area contributed by atoms with E-state index >= 15 is 0 Å². The summed E-state index contributed by atoms with van der Waals surface area (Å²) in [5.41, 5.74) is 0.483. The van der Waals surface area contributed by atoms with Gasteiger partial charge in [0.25, 0.3) is 0 Å². The van der Waals surface area contributed by atoms with E-state index < -0.39 is 164 Å². The van der Waals surface area contributed by atoms with Crippen LogP contribution in [-0.2, 0) is 0 Å². The average Bonchev–Trinajstić information content (AvgIpc) is 3.76. The van der Waals surface area contributed by atoms with E-state index in [1.54, 1.807) is 18.2 Å². The highest BCUT2D eigenvalue weighted by Crippen LogP contribution is 2.45. The molecule has 0 saturated heterocycles. The van der Waals surface area contributed by atoms with Crippen LogP contribution in [0, 0.1) is 0 Å². The van der Waals surface area contributed by atoms with Crippen molar-refractivity contribution in [3.8, 4) is 44.5 Å². The molecule has 0 aliphatic carbocycles. The van der Waals surface area contributed by atoms with Crippen molar-refractivity contribution in [2.24, 2.45) is 0 Å². The van der Waals surface area contributed by atoms with E-state index in [2.05, 4.69) is 0 Å². The zero-order valence-corrected chi connectivity index (χ0v) is 27.4. The molecule has 0 bridgehead atoms. The Hall–Kier alpha value is -6.96. The lowest BCUT2D eigenvalue weighted by atomic mass is 9.85. The van der Waals surface area contributed by atoms with Crippen molar-refractivity contribution >= 4 is 65.0 Å². The summed E-state index contributed by atoms with van der Waals surface area (Å²) in [7, 11) is 0. The van der Waals surface area contributed by atoms with Gasteiger partial charge in [0.1, 0.15) is 11.2 Å². The maximum absolute atomic E-state index is 9.82. The second-order valence-corrected chi connectivity index (χ2v) is 12.5. The maximum atomic E-state index is 9.82. The van der Waals surface area contributed by atoms with Crippen LogP contribution in [0.2, 0.25) is 0 Å². The molecule has 0 saturated carbocycles. The van der Waals surface area contributed by atoms with Crippen molar-refractivity contribution in [2.45, 2.75) is 0 Å². The summed E-state index contributed by atoms with van der Waals surface area (Å²) in [6.45, 7) is 0. The Morgan fingerprint density at radius 2 is 0.962 bits per heavy atom. The van der Waals surface area contributed by atoms with Gasteiger partial charge >= 0.3 is 0 Å². The van der Waals surface area contributed by atoms with E-state index in [0.717, 1.165) is 21.9 Å². The van der Waals surface area contributed by atoms with Crippen LogP contribution in [0.5, 0.6) is 0 Å². The first-order valence-corrected chi connectivity index (χ1v) is 16.7. The normalized spacial score (nSPS) is 16.8. The molecule has 246 valence electrons. The molecule has 53 heavy (non-hydrogen) atoms. The summed E-state index contributed by atoms with van der Waals surface area (Å²) in [6.07, 6.45) is 0. The van der Waals surface area contributed by atoms with E-state index in [-0.39, 0.29) is 10.9 Å². The molecule has 1 heterocycles. The first-order valence-electron chi connectivity index (χ1n) is 26.2. The molecule has 11 aromatic rings. The van der Waals surface area contributed by atoms with Crippen LogP contribution >= 0.6 is 0 Å². The summed E-state index contributed by atoms with van der Waals surface area (Å²) in [5.74, 6) is 0. The van der Waals surface area contributed by atoms with E-state index in [1.165, 1.54) is 0 Å². The van der Waals surface area contributed by atoms with E-state index in [0.29, 0.717) is 27.5 Å². The van der Waals surface area contributed by atoms with Crippen LogP contribution in [0.3, 0.4) is 0 Å². The van der Waals surface area contributed by atoms with Gasteiger partial charge in [-0.3, -0.25) is 0 Å². The Morgan fingerprint density at radius 1 is 0.358 bits per heavy atom. The van der Waals surface area contributed by atoms with Crippen molar-refractivity contribution in [1.29, 1.82) is 0 Å². The molecule has 11 rings (SSSR count). The predicted molar refractivity (Wildman–Crippen MR) is 225 cm³/mol. The van der Waals surface area contributed by atoms with Gasteiger partial charge in [-0.2, -0.15) is 0 Å². The van der Waals surface area contributed by atoms with Gasteiger partial charge in [-0.15, -0.1) is 0 Å². The molecule has 0 atom stereocenters. The number of furan rings is 1. The molecule has 0 unspecified atom stereocenters. The highest BCUT2D eigenvalue weighted by molar-refractivity contribution is 6.22. The third kappa shape index (κ3) is 4.71. The predicted octanol–water partition coefficient (Wildman–Crippen LogP) is 14.9. The van der Waals surface area contributed by atoms with Crippen molar-refractivity contribution in [2.75, 3.05) is 0 Å². The lowest BCUT2D eigenvalue weighted by molar-refractivity contribution is 0.669. The standard InChI is InChI=1S/C52H32O/c1-2-13-34(14-3-1)50-43-17-6-8-19-45(43)51(46-20-9-7-18-44(46)50)39-27-25-35-30-37(26-24-36(35)31-39)42-22-11-23-48-52(42)47-29-28-38(32-49(47)53-48)41-21-10-15-33-12-4-5-16-40(33)41/h1-32H/i1D,2D,3D,6D,7D,8D,9D,13D,14D,17D,18D,19D,20D,24D,25D,26D,27D,30D,31D. The molecule has 1 nitrogen and oxygen atoms in total. The number of hydrogen-bond donors (Lipinski definition) is 0. The van der Waals surface area contributed by atoms with Gasteiger partial charge in [0.05, 0.1) is 26.0 Å². The SMILES string of the molecule is [2H]c1c([2H])c([2H])c(-c2c3c([2H])c([2H])c([2H])c([2H])c3c(-c3c([2H])c([2H])c4c([2H])c(-c5cccc6oc7cc(-c8cccc9ccccc89)ccc7c56)c([2H])c([2H])c4c3[2H])c3c([2H])c([2H])c([2H])c([2H])c23)c([2H])c1[2H]. The van der Waals surface area contributed by atoms with E-state index in [4.69, 9.17) is 16.8 Å².